The summed E-state index contributed by atoms with van der Waals surface area (Å²) >= 11 is 7.46. The smallest absolute Gasteiger partial charge is 0.0721 e. The van der Waals surface area contributed by atoms with Gasteiger partial charge in [0.15, 0.2) is 0 Å². The first kappa shape index (κ1) is 10.0. The molecule has 1 aliphatic carbocycles. The van der Waals surface area contributed by atoms with Crippen molar-refractivity contribution in [2.24, 2.45) is 5.41 Å². The van der Waals surface area contributed by atoms with E-state index >= 15 is 0 Å². The van der Waals surface area contributed by atoms with Crippen molar-refractivity contribution in [3.05, 3.63) is 0 Å². The van der Waals surface area contributed by atoms with Crippen LogP contribution in [0.5, 0.6) is 0 Å². The Balaban J connectivity index is 2.48. The maximum atomic E-state index is 3.73. The molecule has 1 rings (SSSR count). The van der Waals surface area contributed by atoms with Gasteiger partial charge in [-0.15, -0.1) is 0 Å². The van der Waals surface area contributed by atoms with Crippen LogP contribution in [-0.2, 0) is 0 Å². The second kappa shape index (κ2) is 3.37. The summed E-state index contributed by atoms with van der Waals surface area (Å²) in [7, 11) is 0. The van der Waals surface area contributed by atoms with Crippen LogP contribution >= 0.6 is 31.9 Å². The summed E-state index contributed by atoms with van der Waals surface area (Å²) in [6, 6.07) is 0. The number of hydrogen-bond donors (Lipinski definition) is 0. The molecule has 1 fully saturated rings. The Kier molecular flexibility index (Phi) is 3.08. The molecule has 0 nitrogen and oxygen atoms in total. The molecule has 2 heteroatoms. The van der Waals surface area contributed by atoms with Crippen LogP contribution in [0.4, 0.5) is 0 Å². The van der Waals surface area contributed by atoms with Gasteiger partial charge in [0.2, 0.25) is 0 Å². The van der Waals surface area contributed by atoms with Crippen molar-refractivity contribution in [1.29, 1.82) is 0 Å². The van der Waals surface area contributed by atoms with E-state index < -0.39 is 0 Å². The minimum absolute atomic E-state index is 0.291. The van der Waals surface area contributed by atoms with E-state index in [9.17, 15) is 0 Å². The summed E-state index contributed by atoms with van der Waals surface area (Å²) in [5.74, 6) is 0. The Hall–Kier alpha value is 0.960. The van der Waals surface area contributed by atoms with E-state index in [4.69, 9.17) is 0 Å². The summed E-state index contributed by atoms with van der Waals surface area (Å²) in [5.41, 5.74) is 0.580. The highest BCUT2D eigenvalue weighted by atomic mass is 79.9. The SMILES string of the molecule is CCCC1(CCC)CC1(Br)Br. The van der Waals surface area contributed by atoms with Crippen LogP contribution in [0.2, 0.25) is 0 Å². The summed E-state index contributed by atoms with van der Waals surface area (Å²) < 4.78 is 0.291. The molecule has 0 heterocycles. The fourth-order valence-electron chi connectivity index (χ4n) is 2.01. The normalized spacial score (nSPS) is 25.1. The second-order valence-corrected chi connectivity index (χ2v) is 7.43. The largest absolute Gasteiger partial charge is 0.0868 e. The zero-order chi connectivity index (χ0) is 8.54. The van der Waals surface area contributed by atoms with Gasteiger partial charge in [-0.05, 0) is 24.7 Å². The zero-order valence-electron chi connectivity index (χ0n) is 7.29. The van der Waals surface area contributed by atoms with Crippen LogP contribution in [0.15, 0.2) is 0 Å². The van der Waals surface area contributed by atoms with Crippen LogP contribution in [0.1, 0.15) is 46.0 Å². The monoisotopic (exact) mass is 282 g/mol. The molecule has 0 bridgehead atoms. The average Bonchev–Trinajstić information content (AvgIpc) is 2.35. The molecule has 0 saturated heterocycles. The van der Waals surface area contributed by atoms with Crippen LogP contribution in [0.25, 0.3) is 0 Å². The molecule has 0 aromatic heterocycles. The Morgan fingerprint density at radius 1 is 1.09 bits per heavy atom. The van der Waals surface area contributed by atoms with Gasteiger partial charge in [0, 0.05) is 0 Å². The third-order valence-corrected chi connectivity index (χ3v) is 4.91. The molecule has 0 unspecified atom stereocenters. The van der Waals surface area contributed by atoms with E-state index in [2.05, 4.69) is 45.7 Å². The van der Waals surface area contributed by atoms with Gasteiger partial charge in [0.25, 0.3) is 0 Å². The lowest BCUT2D eigenvalue weighted by Crippen LogP contribution is -2.07. The van der Waals surface area contributed by atoms with Crippen LogP contribution in [0.3, 0.4) is 0 Å². The molecule has 1 aliphatic rings. The fourth-order valence-corrected chi connectivity index (χ4v) is 3.87. The summed E-state index contributed by atoms with van der Waals surface area (Å²) in [5, 5.41) is 0. The van der Waals surface area contributed by atoms with Crippen LogP contribution in [0, 0.1) is 5.41 Å². The maximum absolute atomic E-state index is 3.73. The first-order valence-corrected chi connectivity index (χ1v) is 6.04. The number of rotatable bonds is 4. The molecular formula is C9H16Br2. The van der Waals surface area contributed by atoms with E-state index in [0.29, 0.717) is 8.65 Å². The zero-order valence-corrected chi connectivity index (χ0v) is 10.5. The molecule has 0 aromatic carbocycles. The van der Waals surface area contributed by atoms with Crippen molar-refractivity contribution in [3.8, 4) is 0 Å². The molecule has 0 spiro atoms. The van der Waals surface area contributed by atoms with E-state index in [1.165, 1.54) is 32.1 Å². The first-order valence-electron chi connectivity index (χ1n) is 4.46. The van der Waals surface area contributed by atoms with Gasteiger partial charge in [-0.2, -0.15) is 0 Å². The highest BCUT2D eigenvalue weighted by Crippen LogP contribution is 2.70. The van der Waals surface area contributed by atoms with E-state index in [0.717, 1.165) is 0 Å². The quantitative estimate of drug-likeness (QED) is 0.668. The van der Waals surface area contributed by atoms with Crippen molar-refractivity contribution in [1.82, 2.24) is 0 Å². The van der Waals surface area contributed by atoms with Crippen molar-refractivity contribution in [2.75, 3.05) is 0 Å². The van der Waals surface area contributed by atoms with Crippen molar-refractivity contribution in [2.45, 2.75) is 49.2 Å². The molecule has 0 N–H and O–H groups in total. The van der Waals surface area contributed by atoms with E-state index in [1.54, 1.807) is 0 Å². The molecule has 0 amide bonds. The lowest BCUT2D eigenvalue weighted by molar-refractivity contribution is 0.418. The minimum Gasteiger partial charge on any atom is -0.0721 e. The number of hydrogen-bond acceptors (Lipinski definition) is 0. The summed E-state index contributed by atoms with van der Waals surface area (Å²) in [4.78, 5) is 0. The van der Waals surface area contributed by atoms with E-state index in [-0.39, 0.29) is 0 Å². The average molecular weight is 284 g/mol. The van der Waals surface area contributed by atoms with Gasteiger partial charge in [-0.3, -0.25) is 0 Å². The lowest BCUT2D eigenvalue weighted by Gasteiger charge is -2.15. The predicted octanol–water partition coefficient (Wildman–Crippen LogP) is 4.46. The van der Waals surface area contributed by atoms with E-state index in [1.807, 2.05) is 0 Å². The van der Waals surface area contributed by atoms with Crippen molar-refractivity contribution < 1.29 is 0 Å². The molecule has 11 heavy (non-hydrogen) atoms. The Labute approximate surface area is 86.4 Å². The van der Waals surface area contributed by atoms with Gasteiger partial charge in [-0.25, -0.2) is 0 Å². The Bertz CT molecular complexity index is 134. The molecule has 0 aromatic rings. The van der Waals surface area contributed by atoms with Gasteiger partial charge in [0.05, 0.1) is 3.23 Å². The Morgan fingerprint density at radius 2 is 1.45 bits per heavy atom. The molecule has 0 atom stereocenters. The predicted molar refractivity (Wildman–Crippen MR) is 57.5 cm³/mol. The second-order valence-electron chi connectivity index (χ2n) is 3.66. The topological polar surface area (TPSA) is 0 Å². The molecule has 0 radical (unpaired) electrons. The maximum Gasteiger partial charge on any atom is 0.0868 e. The van der Waals surface area contributed by atoms with Gasteiger partial charge in [0.1, 0.15) is 0 Å². The minimum atomic E-state index is 0.291. The van der Waals surface area contributed by atoms with Crippen molar-refractivity contribution in [3.63, 3.8) is 0 Å². The standard InChI is InChI=1S/C9H16Br2/c1-3-5-8(6-4-2)7-9(8,10)11/h3-7H2,1-2H3. The molecular weight excluding hydrogens is 268 g/mol. The summed E-state index contributed by atoms with van der Waals surface area (Å²) in [6.45, 7) is 4.54. The fraction of sp³-hybridized carbons (Fsp3) is 1.00. The Morgan fingerprint density at radius 3 is 1.64 bits per heavy atom. The molecule has 1 saturated carbocycles. The highest BCUT2D eigenvalue weighted by molar-refractivity contribution is 9.25. The molecule has 0 aliphatic heterocycles. The van der Waals surface area contributed by atoms with Crippen molar-refractivity contribution >= 4 is 31.9 Å². The third kappa shape index (κ3) is 1.82. The third-order valence-electron chi connectivity index (χ3n) is 2.67. The van der Waals surface area contributed by atoms with Crippen LogP contribution in [-0.4, -0.2) is 3.23 Å². The van der Waals surface area contributed by atoms with Gasteiger partial charge >= 0.3 is 0 Å². The molecule has 66 valence electrons. The van der Waals surface area contributed by atoms with Crippen LogP contribution < -0.4 is 0 Å². The number of halogens is 2. The van der Waals surface area contributed by atoms with Gasteiger partial charge in [-0.1, -0.05) is 58.5 Å². The lowest BCUT2D eigenvalue weighted by atomic mass is 9.95. The highest BCUT2D eigenvalue weighted by Gasteiger charge is 2.62. The first-order chi connectivity index (χ1) is 5.08. The van der Waals surface area contributed by atoms with Gasteiger partial charge < -0.3 is 0 Å². The summed E-state index contributed by atoms with van der Waals surface area (Å²) in [6.07, 6.45) is 6.63. The number of alkyl halides is 2.